The van der Waals surface area contributed by atoms with Crippen molar-refractivity contribution in [3.05, 3.63) is 76.1 Å². The number of aliphatic carboxylic acids is 2. The normalized spacial score (nSPS) is 19.3. The second-order valence-electron chi connectivity index (χ2n) is 7.78. The Balaban J connectivity index is 0.000000293. The number of carbonyl (C=O) groups is 2. The van der Waals surface area contributed by atoms with E-state index in [1.165, 1.54) is 6.07 Å². The number of phenols is 1. The van der Waals surface area contributed by atoms with Gasteiger partial charge in [0.25, 0.3) is 0 Å². The summed E-state index contributed by atoms with van der Waals surface area (Å²) < 4.78 is 13.7. The summed E-state index contributed by atoms with van der Waals surface area (Å²) in [6.45, 7) is 0.883. The second-order valence-corrected chi connectivity index (χ2v) is 8.19. The monoisotopic (exact) mass is 447 g/mol. The smallest absolute Gasteiger partial charge is 0.328 e. The van der Waals surface area contributed by atoms with E-state index in [2.05, 4.69) is 18.0 Å². The van der Waals surface area contributed by atoms with Gasteiger partial charge in [-0.1, -0.05) is 29.8 Å². The first kappa shape index (κ1) is 22.8. The van der Waals surface area contributed by atoms with Gasteiger partial charge in [0.05, 0.1) is 0 Å². The fourth-order valence-electron chi connectivity index (χ4n) is 4.31. The third kappa shape index (κ3) is 4.89. The number of hydrogen-bond donors (Lipinski definition) is 3. The van der Waals surface area contributed by atoms with Gasteiger partial charge in [-0.25, -0.2) is 14.0 Å². The molecule has 1 aliphatic heterocycles. The van der Waals surface area contributed by atoms with Gasteiger partial charge < -0.3 is 15.3 Å². The van der Waals surface area contributed by atoms with Crippen LogP contribution < -0.4 is 0 Å². The van der Waals surface area contributed by atoms with Crippen LogP contribution in [-0.4, -0.2) is 45.8 Å². The minimum atomic E-state index is -1.26. The van der Waals surface area contributed by atoms with E-state index < -0.39 is 17.8 Å². The molecule has 0 radical (unpaired) electrons. The maximum absolute atomic E-state index is 13.7. The zero-order valence-corrected chi connectivity index (χ0v) is 17.6. The molecule has 0 bridgehead atoms. The lowest BCUT2D eigenvalue weighted by Gasteiger charge is -2.40. The number of halogens is 2. The van der Waals surface area contributed by atoms with E-state index in [1.54, 1.807) is 6.07 Å². The van der Waals surface area contributed by atoms with Gasteiger partial charge in [-0.15, -0.1) is 0 Å². The maximum Gasteiger partial charge on any atom is 0.328 e. The molecule has 1 heterocycles. The van der Waals surface area contributed by atoms with E-state index in [-0.39, 0.29) is 17.2 Å². The lowest BCUT2D eigenvalue weighted by Crippen LogP contribution is -2.39. The molecule has 1 unspecified atom stereocenters. The molecule has 0 amide bonds. The van der Waals surface area contributed by atoms with Crippen LogP contribution in [0.2, 0.25) is 5.02 Å². The van der Waals surface area contributed by atoms with Gasteiger partial charge in [0.15, 0.2) is 11.6 Å². The molecular formula is C23H23ClFNO5. The molecule has 1 atom stereocenters. The molecule has 6 nitrogen and oxygen atoms in total. The van der Waals surface area contributed by atoms with Crippen molar-refractivity contribution in [2.45, 2.75) is 30.7 Å². The Labute approximate surface area is 184 Å². The van der Waals surface area contributed by atoms with Crippen LogP contribution in [0, 0.1) is 5.82 Å². The number of nitrogens with zero attached hydrogens (tertiary/aromatic N) is 1. The maximum atomic E-state index is 13.7. The van der Waals surface area contributed by atoms with Gasteiger partial charge in [-0.3, -0.25) is 4.90 Å². The van der Waals surface area contributed by atoms with E-state index in [0.29, 0.717) is 12.2 Å². The van der Waals surface area contributed by atoms with Crippen molar-refractivity contribution in [2.24, 2.45) is 0 Å². The zero-order valence-electron chi connectivity index (χ0n) is 16.9. The van der Waals surface area contributed by atoms with Crippen LogP contribution in [-0.2, 0) is 21.4 Å². The van der Waals surface area contributed by atoms with Crippen LogP contribution in [0.25, 0.3) is 0 Å². The summed E-state index contributed by atoms with van der Waals surface area (Å²) in [5, 5.41) is 26.3. The summed E-state index contributed by atoms with van der Waals surface area (Å²) in [6, 6.07) is 11.2. The number of phenolic OH excluding ortho intramolecular Hbond substituents is 1. The average Bonchev–Trinajstić information content (AvgIpc) is 3.50. The number of rotatable bonds is 4. The van der Waals surface area contributed by atoms with Crippen LogP contribution in [0.15, 0.2) is 48.6 Å². The number of aromatic hydroxyl groups is 1. The topological polar surface area (TPSA) is 98.1 Å². The van der Waals surface area contributed by atoms with Crippen molar-refractivity contribution in [3.63, 3.8) is 0 Å². The van der Waals surface area contributed by atoms with Gasteiger partial charge in [0, 0.05) is 35.2 Å². The van der Waals surface area contributed by atoms with Crippen molar-refractivity contribution in [1.29, 1.82) is 0 Å². The quantitative estimate of drug-likeness (QED) is 0.609. The Kier molecular flexibility index (Phi) is 6.67. The Morgan fingerprint density at radius 1 is 1.16 bits per heavy atom. The van der Waals surface area contributed by atoms with Gasteiger partial charge >= 0.3 is 11.9 Å². The lowest BCUT2D eigenvalue weighted by atomic mass is 9.78. The molecule has 164 valence electrons. The van der Waals surface area contributed by atoms with Gasteiger partial charge in [-0.2, -0.15) is 0 Å². The Hall–Kier alpha value is -2.90. The van der Waals surface area contributed by atoms with Crippen LogP contribution in [0.5, 0.6) is 5.75 Å². The fraction of sp³-hybridized carbons (Fsp3) is 0.304. The number of fused-ring (bicyclic) bond motifs is 1. The van der Waals surface area contributed by atoms with Crippen molar-refractivity contribution >= 4 is 23.5 Å². The largest absolute Gasteiger partial charge is 0.505 e. The lowest BCUT2D eigenvalue weighted by molar-refractivity contribution is -0.134. The molecule has 3 N–H and O–H groups in total. The number of benzene rings is 2. The molecule has 1 fully saturated rings. The van der Waals surface area contributed by atoms with Crippen LogP contribution in [0.4, 0.5) is 4.39 Å². The summed E-state index contributed by atoms with van der Waals surface area (Å²) in [7, 11) is 2.10. The van der Waals surface area contributed by atoms with Crippen molar-refractivity contribution in [1.82, 2.24) is 4.90 Å². The van der Waals surface area contributed by atoms with Crippen LogP contribution in [0.3, 0.4) is 0 Å². The van der Waals surface area contributed by atoms with E-state index in [9.17, 15) is 19.1 Å². The molecule has 1 saturated carbocycles. The molecule has 8 heteroatoms. The molecule has 0 spiro atoms. The highest BCUT2D eigenvalue weighted by Gasteiger charge is 2.54. The predicted molar refractivity (Wildman–Crippen MR) is 114 cm³/mol. The minimum Gasteiger partial charge on any atom is -0.505 e. The van der Waals surface area contributed by atoms with E-state index in [0.717, 1.165) is 47.5 Å². The SMILES string of the molecule is CN1CCc2cc(F)c(O)cc2C1C1(c2ccccc2Cl)CC1.O=C(O)C=CC(=O)O. The van der Waals surface area contributed by atoms with Gasteiger partial charge in [0.1, 0.15) is 0 Å². The molecule has 2 aromatic rings. The van der Waals surface area contributed by atoms with Crippen LogP contribution >= 0.6 is 11.6 Å². The third-order valence-corrected chi connectivity index (χ3v) is 6.10. The average molecular weight is 448 g/mol. The number of likely N-dealkylation sites (N-methyl/N-ethyl adjacent to an activating group) is 1. The molecule has 1 aliphatic carbocycles. The molecular weight excluding hydrogens is 425 g/mol. The highest BCUT2D eigenvalue weighted by Crippen LogP contribution is 2.61. The summed E-state index contributed by atoms with van der Waals surface area (Å²) in [4.78, 5) is 21.4. The first-order valence-corrected chi connectivity index (χ1v) is 10.1. The molecule has 31 heavy (non-hydrogen) atoms. The first-order chi connectivity index (χ1) is 14.7. The zero-order chi connectivity index (χ0) is 22.8. The predicted octanol–water partition coefficient (Wildman–Crippen LogP) is 4.16. The standard InChI is InChI=1S/C19H19ClFNO.C4H4O4/c1-22-9-6-12-10-16(21)17(23)11-13(12)18(22)19(7-8-19)14-4-2-3-5-15(14)20;5-3(6)1-2-4(7)8/h2-5,10-11,18,23H,6-9H2,1H3;1-2H,(H,5,6)(H,7,8). The molecule has 2 aromatic carbocycles. The third-order valence-electron chi connectivity index (χ3n) is 5.77. The molecule has 4 rings (SSSR count). The van der Waals surface area contributed by atoms with Crippen molar-refractivity contribution in [2.75, 3.05) is 13.6 Å². The molecule has 2 aliphatic rings. The number of hydrogen-bond acceptors (Lipinski definition) is 4. The summed E-state index contributed by atoms with van der Waals surface area (Å²) in [5.41, 5.74) is 3.17. The summed E-state index contributed by atoms with van der Waals surface area (Å²) in [6.07, 6.45) is 4.04. The Morgan fingerprint density at radius 2 is 1.77 bits per heavy atom. The fourth-order valence-corrected chi connectivity index (χ4v) is 4.63. The highest BCUT2D eigenvalue weighted by molar-refractivity contribution is 6.31. The first-order valence-electron chi connectivity index (χ1n) is 9.76. The Bertz CT molecular complexity index is 1020. The summed E-state index contributed by atoms with van der Waals surface area (Å²) in [5.74, 6) is -3.31. The summed E-state index contributed by atoms with van der Waals surface area (Å²) >= 11 is 6.47. The van der Waals surface area contributed by atoms with Gasteiger partial charge in [-0.05, 0) is 61.2 Å². The van der Waals surface area contributed by atoms with E-state index in [4.69, 9.17) is 21.8 Å². The van der Waals surface area contributed by atoms with Crippen molar-refractivity contribution in [3.8, 4) is 5.75 Å². The van der Waals surface area contributed by atoms with E-state index >= 15 is 0 Å². The highest BCUT2D eigenvalue weighted by atomic mass is 35.5. The Morgan fingerprint density at radius 3 is 2.32 bits per heavy atom. The number of carboxylic acid groups (broad SMARTS) is 2. The van der Waals surface area contributed by atoms with Gasteiger partial charge in [0.2, 0.25) is 0 Å². The van der Waals surface area contributed by atoms with Crippen LogP contribution in [0.1, 0.15) is 35.6 Å². The molecule has 0 saturated heterocycles. The minimum absolute atomic E-state index is 0.0352. The number of carboxylic acids is 2. The molecule has 0 aromatic heterocycles. The second kappa shape index (κ2) is 9.08. The van der Waals surface area contributed by atoms with Crippen molar-refractivity contribution < 1.29 is 29.3 Å². The van der Waals surface area contributed by atoms with E-state index in [1.807, 2.05) is 18.2 Å².